The molecule has 6 heteroatoms. The van der Waals surface area contributed by atoms with Gasteiger partial charge in [-0.3, -0.25) is 4.79 Å². The van der Waals surface area contributed by atoms with Crippen LogP contribution in [0.15, 0.2) is 24.3 Å². The number of amides is 1. The molecular weight excluding hydrogens is 342 g/mol. The Kier molecular flexibility index (Phi) is 5.84. The van der Waals surface area contributed by atoms with Crippen molar-refractivity contribution in [3.63, 3.8) is 0 Å². The third kappa shape index (κ3) is 3.99. The summed E-state index contributed by atoms with van der Waals surface area (Å²) in [5, 5.41) is 3.01. The fourth-order valence-electron chi connectivity index (χ4n) is 3.66. The Morgan fingerprint density at radius 2 is 1.85 bits per heavy atom. The van der Waals surface area contributed by atoms with E-state index in [0.29, 0.717) is 29.1 Å². The maximum Gasteiger partial charge on any atom is 0.340 e. The van der Waals surface area contributed by atoms with Crippen LogP contribution < -0.4 is 10.2 Å². The van der Waals surface area contributed by atoms with E-state index in [1.165, 1.54) is 19.3 Å². The van der Waals surface area contributed by atoms with Crippen LogP contribution in [-0.2, 0) is 4.74 Å². The average Bonchev–Trinajstić information content (AvgIpc) is 2.97. The van der Waals surface area contributed by atoms with Crippen molar-refractivity contribution < 1.29 is 14.3 Å². The lowest BCUT2D eigenvalue weighted by molar-refractivity contribution is 0.0525. The number of aryl methyl sites for hydroxylation is 1. The Labute approximate surface area is 159 Å². The third-order valence-electron chi connectivity index (χ3n) is 4.99. The van der Waals surface area contributed by atoms with Gasteiger partial charge >= 0.3 is 5.97 Å². The summed E-state index contributed by atoms with van der Waals surface area (Å²) in [5.74, 6) is -0.660. The van der Waals surface area contributed by atoms with Gasteiger partial charge < -0.3 is 19.9 Å². The molecule has 1 aromatic heterocycles. The normalized spacial score (nSPS) is 14.1. The molecule has 0 aliphatic carbocycles. The van der Waals surface area contributed by atoms with Gasteiger partial charge in [0.2, 0.25) is 0 Å². The Morgan fingerprint density at radius 1 is 1.15 bits per heavy atom. The molecule has 0 bridgehead atoms. The van der Waals surface area contributed by atoms with Gasteiger partial charge in [-0.15, -0.1) is 0 Å². The van der Waals surface area contributed by atoms with E-state index < -0.39 is 5.97 Å². The van der Waals surface area contributed by atoms with E-state index in [1.807, 2.05) is 24.3 Å². The SMILES string of the molecule is CCOC(=O)c1c(C)[nH]c(C(=O)Nc2ccccc2N2CCCCC2)c1C. The van der Waals surface area contributed by atoms with Crippen LogP contribution in [0.1, 0.15) is 58.3 Å². The maximum atomic E-state index is 12.9. The van der Waals surface area contributed by atoms with Crippen molar-refractivity contribution in [2.24, 2.45) is 0 Å². The molecule has 0 spiro atoms. The number of nitrogens with one attached hydrogen (secondary N) is 2. The summed E-state index contributed by atoms with van der Waals surface area (Å²) in [5.41, 5.74) is 3.90. The highest BCUT2D eigenvalue weighted by Gasteiger charge is 2.24. The van der Waals surface area contributed by atoms with Crippen molar-refractivity contribution in [2.75, 3.05) is 29.9 Å². The van der Waals surface area contributed by atoms with Crippen molar-refractivity contribution in [2.45, 2.75) is 40.0 Å². The van der Waals surface area contributed by atoms with Gasteiger partial charge in [0.25, 0.3) is 5.91 Å². The first-order chi connectivity index (χ1) is 13.0. The van der Waals surface area contributed by atoms with Crippen LogP contribution in [-0.4, -0.2) is 36.6 Å². The number of carbonyl (C=O) groups is 2. The number of aromatic nitrogens is 1. The molecule has 0 saturated carbocycles. The molecule has 1 saturated heterocycles. The number of benzene rings is 1. The minimum absolute atomic E-state index is 0.254. The number of piperidine rings is 1. The number of nitrogens with zero attached hydrogens (tertiary/aromatic N) is 1. The number of rotatable bonds is 5. The Bertz CT molecular complexity index is 835. The van der Waals surface area contributed by atoms with E-state index in [0.717, 1.165) is 24.5 Å². The molecule has 3 rings (SSSR count). The molecule has 1 aromatic carbocycles. The Morgan fingerprint density at radius 3 is 2.56 bits per heavy atom. The molecule has 0 radical (unpaired) electrons. The highest BCUT2D eigenvalue weighted by Crippen LogP contribution is 2.29. The summed E-state index contributed by atoms with van der Waals surface area (Å²) in [4.78, 5) is 30.4. The molecule has 2 aromatic rings. The van der Waals surface area contributed by atoms with Gasteiger partial charge in [-0.05, 0) is 57.7 Å². The van der Waals surface area contributed by atoms with Crippen LogP contribution in [0.5, 0.6) is 0 Å². The van der Waals surface area contributed by atoms with Gasteiger partial charge in [0.1, 0.15) is 5.69 Å². The molecule has 1 aliphatic rings. The smallest absolute Gasteiger partial charge is 0.340 e. The predicted octanol–water partition coefficient (Wildman–Crippen LogP) is 4.05. The molecule has 1 fully saturated rings. The van der Waals surface area contributed by atoms with E-state index in [9.17, 15) is 9.59 Å². The van der Waals surface area contributed by atoms with E-state index in [4.69, 9.17) is 4.74 Å². The van der Waals surface area contributed by atoms with Gasteiger partial charge in [0, 0.05) is 18.8 Å². The van der Waals surface area contributed by atoms with Gasteiger partial charge in [0.15, 0.2) is 0 Å². The fraction of sp³-hybridized carbons (Fsp3) is 0.429. The second kappa shape index (κ2) is 8.29. The molecule has 0 atom stereocenters. The lowest BCUT2D eigenvalue weighted by Gasteiger charge is -2.30. The predicted molar refractivity (Wildman–Crippen MR) is 107 cm³/mol. The zero-order chi connectivity index (χ0) is 19.4. The van der Waals surface area contributed by atoms with Gasteiger partial charge in [-0.25, -0.2) is 4.79 Å². The molecule has 2 heterocycles. The minimum atomic E-state index is -0.406. The first-order valence-electron chi connectivity index (χ1n) is 9.54. The first-order valence-corrected chi connectivity index (χ1v) is 9.54. The van der Waals surface area contributed by atoms with E-state index in [-0.39, 0.29) is 5.91 Å². The van der Waals surface area contributed by atoms with E-state index in [2.05, 4.69) is 15.2 Å². The number of hydrogen-bond donors (Lipinski definition) is 2. The topological polar surface area (TPSA) is 74.4 Å². The molecule has 27 heavy (non-hydrogen) atoms. The average molecular weight is 369 g/mol. The molecule has 6 nitrogen and oxygen atoms in total. The lowest BCUT2D eigenvalue weighted by atomic mass is 10.1. The minimum Gasteiger partial charge on any atom is -0.462 e. The summed E-state index contributed by atoms with van der Waals surface area (Å²) >= 11 is 0. The molecule has 0 unspecified atom stereocenters. The standard InChI is InChI=1S/C21H27N3O3/c1-4-27-21(26)18-14(2)19(22-15(18)3)20(25)23-16-10-6-7-11-17(16)24-12-8-5-9-13-24/h6-7,10-11,22H,4-5,8-9,12-13H2,1-3H3,(H,23,25). The van der Waals surface area contributed by atoms with Gasteiger partial charge in [-0.2, -0.15) is 0 Å². The number of H-pyrrole nitrogens is 1. The van der Waals surface area contributed by atoms with Crippen molar-refractivity contribution in [3.8, 4) is 0 Å². The number of para-hydroxylation sites is 2. The Balaban J connectivity index is 1.84. The van der Waals surface area contributed by atoms with Crippen LogP contribution in [0.25, 0.3) is 0 Å². The van der Waals surface area contributed by atoms with Crippen molar-refractivity contribution in [1.29, 1.82) is 0 Å². The lowest BCUT2D eigenvalue weighted by Crippen LogP contribution is -2.30. The molecule has 2 N–H and O–H groups in total. The highest BCUT2D eigenvalue weighted by molar-refractivity contribution is 6.08. The first kappa shape index (κ1) is 19.0. The largest absolute Gasteiger partial charge is 0.462 e. The summed E-state index contributed by atoms with van der Waals surface area (Å²) in [7, 11) is 0. The number of anilines is 2. The molecule has 1 aliphatic heterocycles. The highest BCUT2D eigenvalue weighted by atomic mass is 16.5. The maximum absolute atomic E-state index is 12.9. The van der Waals surface area contributed by atoms with Crippen LogP contribution in [0.3, 0.4) is 0 Å². The number of aromatic amines is 1. The van der Waals surface area contributed by atoms with E-state index >= 15 is 0 Å². The second-order valence-electron chi connectivity index (χ2n) is 6.86. The van der Waals surface area contributed by atoms with Crippen LogP contribution in [0.4, 0.5) is 11.4 Å². The quantitative estimate of drug-likeness (QED) is 0.780. The van der Waals surface area contributed by atoms with Crippen LogP contribution >= 0.6 is 0 Å². The summed E-state index contributed by atoms with van der Waals surface area (Å²) in [6.07, 6.45) is 3.59. The van der Waals surface area contributed by atoms with Crippen LogP contribution in [0.2, 0.25) is 0 Å². The Hall–Kier alpha value is -2.76. The van der Waals surface area contributed by atoms with Crippen LogP contribution in [0, 0.1) is 13.8 Å². The number of hydrogen-bond acceptors (Lipinski definition) is 4. The summed E-state index contributed by atoms with van der Waals surface area (Å²) in [6.45, 7) is 7.61. The molecule has 144 valence electrons. The molecular formula is C21H27N3O3. The van der Waals surface area contributed by atoms with Gasteiger partial charge in [-0.1, -0.05) is 12.1 Å². The summed E-state index contributed by atoms with van der Waals surface area (Å²) in [6, 6.07) is 7.86. The van der Waals surface area contributed by atoms with Crippen molar-refractivity contribution in [3.05, 3.63) is 46.8 Å². The zero-order valence-corrected chi connectivity index (χ0v) is 16.2. The molecule has 1 amide bonds. The number of carbonyl (C=O) groups excluding carboxylic acids is 2. The number of ether oxygens (including phenoxy) is 1. The van der Waals surface area contributed by atoms with Crippen molar-refractivity contribution >= 4 is 23.3 Å². The number of esters is 1. The van der Waals surface area contributed by atoms with Crippen molar-refractivity contribution in [1.82, 2.24) is 4.98 Å². The second-order valence-corrected chi connectivity index (χ2v) is 6.86. The van der Waals surface area contributed by atoms with E-state index in [1.54, 1.807) is 20.8 Å². The third-order valence-corrected chi connectivity index (χ3v) is 4.99. The summed E-state index contributed by atoms with van der Waals surface area (Å²) < 4.78 is 5.10. The zero-order valence-electron chi connectivity index (χ0n) is 16.2. The van der Waals surface area contributed by atoms with Gasteiger partial charge in [0.05, 0.1) is 23.5 Å². The monoisotopic (exact) mass is 369 g/mol. The fourth-order valence-corrected chi connectivity index (χ4v) is 3.66.